The van der Waals surface area contributed by atoms with Crippen molar-refractivity contribution in [3.63, 3.8) is 0 Å². The molecule has 0 atom stereocenters. The first-order chi connectivity index (χ1) is 16.2. The Balaban J connectivity index is 1.41. The summed E-state index contributed by atoms with van der Waals surface area (Å²) in [6.45, 7) is 0.680. The van der Waals surface area contributed by atoms with Crippen LogP contribution in [0.3, 0.4) is 0 Å². The van der Waals surface area contributed by atoms with Crippen molar-refractivity contribution in [3.8, 4) is 17.1 Å². The van der Waals surface area contributed by atoms with Gasteiger partial charge in [-0.3, -0.25) is 9.36 Å². The number of nitrogens with one attached hydrogen (secondary N) is 1. The molecule has 0 spiro atoms. The summed E-state index contributed by atoms with van der Waals surface area (Å²) in [5.41, 5.74) is 0.557. The van der Waals surface area contributed by atoms with Crippen LogP contribution in [-0.4, -0.2) is 31.5 Å². The van der Waals surface area contributed by atoms with Gasteiger partial charge in [-0.2, -0.15) is 0 Å². The highest BCUT2D eigenvalue weighted by Crippen LogP contribution is 2.34. The molecule has 3 aromatic heterocycles. The maximum absolute atomic E-state index is 12.3. The Bertz CT molecular complexity index is 1380. The van der Waals surface area contributed by atoms with Crippen LogP contribution in [0.25, 0.3) is 22.2 Å². The molecule has 5 rings (SSSR count). The lowest BCUT2D eigenvalue weighted by atomic mass is 10.1. The molecule has 0 fully saturated rings. The molecule has 0 aliphatic carbocycles. The highest BCUT2D eigenvalue weighted by molar-refractivity contribution is 7.99. The summed E-state index contributed by atoms with van der Waals surface area (Å²) in [7, 11) is 0. The number of amides is 1. The van der Waals surface area contributed by atoms with Crippen LogP contribution in [0.4, 0.5) is 0 Å². The van der Waals surface area contributed by atoms with Crippen LogP contribution in [-0.2, 0) is 17.9 Å². The zero-order chi connectivity index (χ0) is 22.6. The van der Waals surface area contributed by atoms with Gasteiger partial charge in [0.1, 0.15) is 17.3 Å². The molecule has 33 heavy (non-hydrogen) atoms. The zero-order valence-corrected chi connectivity index (χ0v) is 18.3. The van der Waals surface area contributed by atoms with E-state index in [1.165, 1.54) is 11.8 Å². The van der Waals surface area contributed by atoms with Crippen molar-refractivity contribution < 1.29 is 18.7 Å². The molecule has 0 aliphatic rings. The third-order valence-electron chi connectivity index (χ3n) is 5.09. The maximum atomic E-state index is 12.3. The minimum absolute atomic E-state index is 0.106. The van der Waals surface area contributed by atoms with Gasteiger partial charge >= 0.3 is 0 Å². The number of phenols is 1. The van der Waals surface area contributed by atoms with Crippen LogP contribution in [0.5, 0.6) is 5.75 Å². The van der Waals surface area contributed by atoms with E-state index in [0.29, 0.717) is 41.2 Å². The van der Waals surface area contributed by atoms with Gasteiger partial charge in [0.2, 0.25) is 5.91 Å². The van der Waals surface area contributed by atoms with Gasteiger partial charge in [-0.15, -0.1) is 10.2 Å². The first-order valence-electron chi connectivity index (χ1n) is 10.3. The Hall–Kier alpha value is -3.98. The Morgan fingerprint density at radius 1 is 0.970 bits per heavy atom. The van der Waals surface area contributed by atoms with E-state index < -0.39 is 0 Å². The average molecular weight is 461 g/mol. The van der Waals surface area contributed by atoms with Crippen molar-refractivity contribution in [2.45, 2.75) is 18.2 Å². The molecule has 0 saturated carbocycles. The number of phenolic OH excluding ortho intramolecular Hbond substituents is 1. The molecule has 9 heteroatoms. The van der Waals surface area contributed by atoms with Crippen molar-refractivity contribution in [2.75, 3.05) is 5.75 Å². The van der Waals surface area contributed by atoms with Crippen LogP contribution >= 0.6 is 11.8 Å². The summed E-state index contributed by atoms with van der Waals surface area (Å²) in [6.07, 6.45) is 3.17. The summed E-state index contributed by atoms with van der Waals surface area (Å²) >= 11 is 1.26. The minimum atomic E-state index is -0.154. The van der Waals surface area contributed by atoms with E-state index in [1.54, 1.807) is 30.7 Å². The normalized spacial score (nSPS) is 11.2. The fourth-order valence-corrected chi connectivity index (χ4v) is 4.25. The summed E-state index contributed by atoms with van der Waals surface area (Å²) in [4.78, 5) is 12.3. The van der Waals surface area contributed by atoms with Gasteiger partial charge in [-0.05, 0) is 47.2 Å². The maximum Gasteiger partial charge on any atom is 0.230 e. The molecule has 166 valence electrons. The average Bonchev–Trinajstić information content (AvgIpc) is 3.59. The number of carbonyl (C=O) groups is 1. The molecule has 8 nitrogen and oxygen atoms in total. The number of carbonyl (C=O) groups excluding carboxylic acids is 1. The topological polar surface area (TPSA) is 106 Å². The number of rotatable bonds is 8. The van der Waals surface area contributed by atoms with Crippen molar-refractivity contribution in [1.82, 2.24) is 20.1 Å². The van der Waals surface area contributed by atoms with E-state index in [-0.39, 0.29) is 17.4 Å². The van der Waals surface area contributed by atoms with Crippen LogP contribution in [0.2, 0.25) is 0 Å². The SMILES string of the molecule is O=C(CSc1nnc(-c2cc3ccccc3cc2O)n1Cc1ccco1)NCc1ccco1. The smallest absolute Gasteiger partial charge is 0.230 e. The van der Waals surface area contributed by atoms with Crippen molar-refractivity contribution in [1.29, 1.82) is 0 Å². The molecule has 0 aliphatic heterocycles. The second kappa shape index (κ2) is 9.25. The number of aromatic hydroxyl groups is 1. The number of thioether (sulfide) groups is 1. The number of furan rings is 2. The van der Waals surface area contributed by atoms with Gasteiger partial charge < -0.3 is 19.3 Å². The summed E-state index contributed by atoms with van der Waals surface area (Å²) in [5, 5.41) is 24.6. The van der Waals surface area contributed by atoms with Gasteiger partial charge in [0.25, 0.3) is 0 Å². The third kappa shape index (κ3) is 4.63. The summed E-state index contributed by atoms with van der Waals surface area (Å²) in [6, 6.07) is 18.6. The molecule has 5 aromatic rings. The highest BCUT2D eigenvalue weighted by atomic mass is 32.2. The largest absolute Gasteiger partial charge is 0.507 e. The lowest BCUT2D eigenvalue weighted by Gasteiger charge is -2.11. The van der Waals surface area contributed by atoms with Crippen LogP contribution in [0, 0.1) is 0 Å². The molecular weight excluding hydrogens is 440 g/mol. The number of fused-ring (bicyclic) bond motifs is 1. The van der Waals surface area contributed by atoms with E-state index in [9.17, 15) is 9.90 Å². The molecular formula is C24H20N4O4S. The van der Waals surface area contributed by atoms with Gasteiger partial charge in [-0.25, -0.2) is 0 Å². The Morgan fingerprint density at radius 2 is 1.70 bits per heavy atom. The first kappa shape index (κ1) is 20.9. The van der Waals surface area contributed by atoms with Gasteiger partial charge in [0.15, 0.2) is 11.0 Å². The minimum Gasteiger partial charge on any atom is -0.507 e. The molecule has 0 saturated heterocycles. The second-order valence-electron chi connectivity index (χ2n) is 7.33. The predicted octanol–water partition coefficient (Wildman–Crippen LogP) is 4.45. The molecule has 0 radical (unpaired) electrons. The van der Waals surface area contributed by atoms with Gasteiger partial charge in [0, 0.05) is 0 Å². The van der Waals surface area contributed by atoms with Crippen LogP contribution in [0.15, 0.2) is 87.2 Å². The van der Waals surface area contributed by atoms with Gasteiger partial charge in [-0.1, -0.05) is 36.0 Å². The number of benzene rings is 2. The Morgan fingerprint density at radius 3 is 2.42 bits per heavy atom. The number of hydrogen-bond acceptors (Lipinski definition) is 7. The lowest BCUT2D eigenvalue weighted by molar-refractivity contribution is -0.118. The molecule has 2 N–H and O–H groups in total. The predicted molar refractivity (Wildman–Crippen MR) is 124 cm³/mol. The molecule has 2 aromatic carbocycles. The number of nitrogens with zero attached hydrogens (tertiary/aromatic N) is 3. The Kier molecular flexibility index (Phi) is 5.86. The summed E-state index contributed by atoms with van der Waals surface area (Å²) < 4.78 is 12.6. The second-order valence-corrected chi connectivity index (χ2v) is 8.28. The fourth-order valence-electron chi connectivity index (χ4n) is 3.48. The molecule has 0 unspecified atom stereocenters. The van der Waals surface area contributed by atoms with E-state index in [4.69, 9.17) is 8.83 Å². The summed E-state index contributed by atoms with van der Waals surface area (Å²) in [5.74, 6) is 1.99. The quantitative estimate of drug-likeness (QED) is 0.330. The third-order valence-corrected chi connectivity index (χ3v) is 6.05. The van der Waals surface area contributed by atoms with E-state index in [2.05, 4.69) is 15.5 Å². The lowest BCUT2D eigenvalue weighted by Crippen LogP contribution is -2.24. The molecule has 0 bridgehead atoms. The first-order valence-corrected chi connectivity index (χ1v) is 11.3. The van der Waals surface area contributed by atoms with Gasteiger partial charge in [0.05, 0.1) is 36.9 Å². The molecule has 1 amide bonds. The monoisotopic (exact) mass is 460 g/mol. The van der Waals surface area contributed by atoms with Crippen molar-refractivity contribution in [2.24, 2.45) is 0 Å². The Labute approximate surface area is 193 Å². The van der Waals surface area contributed by atoms with Crippen LogP contribution in [0.1, 0.15) is 11.5 Å². The standard InChI is InChI=1S/C24H20N4O4S/c29-21-12-17-6-2-1-5-16(17)11-20(21)23-26-27-24(28(23)14-19-8-4-10-32-19)33-15-22(30)25-13-18-7-3-9-31-18/h1-12,29H,13-15H2,(H,25,30). The van der Waals surface area contributed by atoms with Crippen LogP contribution < -0.4 is 5.32 Å². The number of hydrogen-bond donors (Lipinski definition) is 2. The van der Waals surface area contributed by atoms with E-state index in [0.717, 1.165) is 10.8 Å². The van der Waals surface area contributed by atoms with Crippen molar-refractivity contribution in [3.05, 3.63) is 84.7 Å². The van der Waals surface area contributed by atoms with Crippen molar-refractivity contribution >= 4 is 28.4 Å². The van der Waals surface area contributed by atoms with E-state index >= 15 is 0 Å². The number of aromatic nitrogens is 3. The van der Waals surface area contributed by atoms with E-state index in [1.807, 2.05) is 47.0 Å². The zero-order valence-electron chi connectivity index (χ0n) is 17.5. The highest BCUT2D eigenvalue weighted by Gasteiger charge is 2.20. The molecule has 3 heterocycles. The fraction of sp³-hybridized carbons (Fsp3) is 0.125.